The average Bonchev–Trinajstić information content (AvgIpc) is 3.48. The molecule has 0 aliphatic carbocycles. The lowest BCUT2D eigenvalue weighted by atomic mass is 9.96. The highest BCUT2D eigenvalue weighted by atomic mass is 35.5. The van der Waals surface area contributed by atoms with Crippen molar-refractivity contribution in [3.63, 3.8) is 0 Å². The summed E-state index contributed by atoms with van der Waals surface area (Å²) in [7, 11) is 1.69. The lowest BCUT2D eigenvalue weighted by Crippen LogP contribution is -2.33. The Morgan fingerprint density at radius 3 is 2.37 bits per heavy atom. The van der Waals surface area contributed by atoms with E-state index in [1.54, 1.807) is 7.11 Å². The molecule has 0 bridgehead atoms. The predicted molar refractivity (Wildman–Crippen MR) is 172 cm³/mol. The van der Waals surface area contributed by atoms with E-state index in [0.717, 1.165) is 63.9 Å². The van der Waals surface area contributed by atoms with E-state index in [2.05, 4.69) is 82.9 Å². The minimum absolute atomic E-state index is 0.117. The van der Waals surface area contributed by atoms with Crippen LogP contribution in [0.5, 0.6) is 5.75 Å². The van der Waals surface area contributed by atoms with E-state index in [0.29, 0.717) is 5.11 Å². The van der Waals surface area contributed by atoms with Crippen LogP contribution in [0.4, 0.5) is 11.4 Å². The Labute approximate surface area is 252 Å². The molecule has 0 unspecified atom stereocenters. The van der Waals surface area contributed by atoms with Crippen molar-refractivity contribution in [1.82, 2.24) is 14.9 Å². The normalized spacial score (nSPS) is 19.5. The summed E-state index contributed by atoms with van der Waals surface area (Å²) >= 11 is 13.0. The molecule has 0 spiro atoms. The van der Waals surface area contributed by atoms with Gasteiger partial charge in [0.05, 0.1) is 35.6 Å². The van der Waals surface area contributed by atoms with Crippen LogP contribution in [0.1, 0.15) is 54.5 Å². The van der Waals surface area contributed by atoms with Gasteiger partial charge < -0.3 is 24.4 Å². The van der Waals surface area contributed by atoms with Crippen LogP contribution in [0.3, 0.4) is 0 Å². The van der Waals surface area contributed by atoms with Gasteiger partial charge in [0.15, 0.2) is 5.11 Å². The van der Waals surface area contributed by atoms with Gasteiger partial charge in [0.2, 0.25) is 0 Å². The van der Waals surface area contributed by atoms with Gasteiger partial charge in [-0.25, -0.2) is 0 Å². The van der Waals surface area contributed by atoms with Crippen molar-refractivity contribution in [1.29, 1.82) is 0 Å². The van der Waals surface area contributed by atoms with E-state index in [1.165, 1.54) is 18.4 Å². The van der Waals surface area contributed by atoms with Crippen molar-refractivity contribution >= 4 is 40.3 Å². The highest BCUT2D eigenvalue weighted by Gasteiger charge is 2.42. The lowest BCUT2D eigenvalue weighted by Gasteiger charge is -2.33. The minimum Gasteiger partial charge on any atom is -0.497 e. The maximum atomic E-state index is 6.98. The number of nitrogens with zero attached hydrogens (tertiary/aromatic N) is 4. The Morgan fingerprint density at radius 1 is 0.976 bits per heavy atom. The number of aromatic nitrogens is 2. The molecule has 4 aromatic rings. The Hall–Kier alpha value is -3.55. The van der Waals surface area contributed by atoms with Crippen LogP contribution in [0, 0.1) is 19.8 Å². The summed E-state index contributed by atoms with van der Waals surface area (Å²) in [5.74, 6) is 1.60. The Kier molecular flexibility index (Phi) is 7.66. The van der Waals surface area contributed by atoms with E-state index >= 15 is 0 Å². The van der Waals surface area contributed by atoms with Crippen molar-refractivity contribution < 1.29 is 4.74 Å². The molecule has 2 saturated heterocycles. The third kappa shape index (κ3) is 5.17. The summed E-state index contributed by atoms with van der Waals surface area (Å²) in [6.07, 6.45) is 4.22. The SMILES string of the molecule is COc1ccc(-n2c(C)cc([C@H]3[C@@H](c4ccccn4)NC(=S)N3c3ccc(N4CCC(C)CC4)c(Cl)c3)c2C)cc1. The molecule has 2 fully saturated rings. The van der Waals surface area contributed by atoms with Gasteiger partial charge in [-0.05, 0) is 111 Å². The molecule has 0 radical (unpaired) electrons. The molecule has 0 saturated carbocycles. The summed E-state index contributed by atoms with van der Waals surface area (Å²) < 4.78 is 7.68. The first-order valence-corrected chi connectivity index (χ1v) is 15.0. The summed E-state index contributed by atoms with van der Waals surface area (Å²) in [5.41, 5.74) is 7.58. The number of pyridine rings is 1. The number of aryl methyl sites for hydroxylation is 1. The largest absolute Gasteiger partial charge is 0.497 e. The van der Waals surface area contributed by atoms with E-state index < -0.39 is 0 Å². The van der Waals surface area contributed by atoms with Crippen LogP contribution in [0.15, 0.2) is 72.9 Å². The number of benzene rings is 2. The molecule has 0 amide bonds. The second kappa shape index (κ2) is 11.4. The highest BCUT2D eigenvalue weighted by molar-refractivity contribution is 7.80. The molecule has 2 aromatic heterocycles. The smallest absolute Gasteiger partial charge is 0.174 e. The van der Waals surface area contributed by atoms with Crippen LogP contribution in [-0.4, -0.2) is 34.9 Å². The zero-order chi connectivity index (χ0) is 28.7. The lowest BCUT2D eigenvalue weighted by molar-refractivity contribution is 0.414. The molecule has 1 N–H and O–H groups in total. The van der Waals surface area contributed by atoms with E-state index in [4.69, 9.17) is 33.5 Å². The number of halogens is 1. The van der Waals surface area contributed by atoms with Gasteiger partial charge in [-0.3, -0.25) is 4.98 Å². The van der Waals surface area contributed by atoms with Gasteiger partial charge in [0.25, 0.3) is 0 Å². The summed E-state index contributed by atoms with van der Waals surface area (Å²) in [6, 6.07) is 22.6. The Bertz CT molecular complexity index is 1550. The number of ether oxygens (including phenoxy) is 1. The highest BCUT2D eigenvalue weighted by Crippen LogP contribution is 2.45. The number of nitrogens with one attached hydrogen (secondary N) is 1. The summed E-state index contributed by atoms with van der Waals surface area (Å²) in [6.45, 7) is 8.71. The van der Waals surface area contributed by atoms with Crippen molar-refractivity contribution in [3.05, 3.63) is 101 Å². The molecule has 8 heteroatoms. The zero-order valence-corrected chi connectivity index (χ0v) is 25.5. The van der Waals surface area contributed by atoms with Gasteiger partial charge in [-0.1, -0.05) is 24.6 Å². The van der Waals surface area contributed by atoms with Crippen LogP contribution < -0.4 is 19.9 Å². The third-order valence-corrected chi connectivity index (χ3v) is 9.17. The topological polar surface area (TPSA) is 45.6 Å². The number of hydrogen-bond acceptors (Lipinski definition) is 4. The molecule has 2 aliphatic rings. The van der Waals surface area contributed by atoms with Crippen LogP contribution >= 0.6 is 23.8 Å². The number of anilines is 2. The van der Waals surface area contributed by atoms with E-state index in [1.807, 2.05) is 30.5 Å². The first kappa shape index (κ1) is 27.6. The van der Waals surface area contributed by atoms with Crippen molar-refractivity contribution in [2.24, 2.45) is 5.92 Å². The molecule has 41 heavy (non-hydrogen) atoms. The predicted octanol–water partition coefficient (Wildman–Crippen LogP) is 7.56. The Morgan fingerprint density at radius 2 is 1.71 bits per heavy atom. The molecular weight excluding hydrogens is 550 g/mol. The van der Waals surface area contributed by atoms with E-state index in [9.17, 15) is 0 Å². The number of hydrogen-bond donors (Lipinski definition) is 1. The number of piperidine rings is 1. The van der Waals surface area contributed by atoms with Crippen molar-refractivity contribution in [2.45, 2.75) is 45.7 Å². The number of thiocarbonyl (C=S) groups is 1. The second-order valence-corrected chi connectivity index (χ2v) is 12.0. The first-order valence-electron chi connectivity index (χ1n) is 14.2. The van der Waals surface area contributed by atoms with E-state index in [-0.39, 0.29) is 12.1 Å². The van der Waals surface area contributed by atoms with Gasteiger partial charge in [0, 0.05) is 42.0 Å². The quantitative estimate of drug-likeness (QED) is 0.236. The zero-order valence-electron chi connectivity index (χ0n) is 24.0. The maximum absolute atomic E-state index is 6.98. The molecule has 6 nitrogen and oxygen atoms in total. The summed E-state index contributed by atoms with van der Waals surface area (Å²) in [4.78, 5) is 9.35. The van der Waals surface area contributed by atoms with Gasteiger partial charge in [0.1, 0.15) is 5.75 Å². The second-order valence-electron chi connectivity index (χ2n) is 11.2. The molecular formula is C33H36ClN5OS. The summed E-state index contributed by atoms with van der Waals surface area (Å²) in [5, 5.41) is 5.01. The third-order valence-electron chi connectivity index (χ3n) is 8.55. The number of methoxy groups -OCH3 is 1. The molecule has 2 aliphatic heterocycles. The fourth-order valence-corrected chi connectivity index (χ4v) is 6.96. The minimum atomic E-state index is -0.129. The average molecular weight is 586 g/mol. The molecule has 4 heterocycles. The van der Waals surface area contributed by atoms with Gasteiger partial charge >= 0.3 is 0 Å². The molecule has 212 valence electrons. The van der Waals surface area contributed by atoms with Crippen LogP contribution in [0.2, 0.25) is 5.02 Å². The molecule has 2 atom stereocenters. The molecule has 6 rings (SSSR count). The standard InChI is InChI=1S/C33H36ClN5OS/c1-21-14-17-37(18-15-21)30-13-10-25(20-28(30)34)39-32(31(36-33(39)41)29-7-5-6-16-35-29)27-19-22(2)38(23(27)3)24-8-11-26(40-4)12-9-24/h5-13,16,19-21,31-32H,14-15,17-18H2,1-4H3,(H,36,41)/t31-,32+/m1/s1. The maximum Gasteiger partial charge on any atom is 0.174 e. The first-order chi connectivity index (χ1) is 19.9. The van der Waals surface area contributed by atoms with Crippen molar-refractivity contribution in [3.8, 4) is 11.4 Å². The van der Waals surface area contributed by atoms with Gasteiger partial charge in [-0.2, -0.15) is 0 Å². The van der Waals surface area contributed by atoms with Gasteiger partial charge in [-0.15, -0.1) is 0 Å². The monoisotopic (exact) mass is 585 g/mol. The fourth-order valence-electron chi connectivity index (χ4n) is 6.32. The van der Waals surface area contributed by atoms with Crippen LogP contribution in [-0.2, 0) is 0 Å². The molecule has 2 aromatic carbocycles. The van der Waals surface area contributed by atoms with Crippen LogP contribution in [0.25, 0.3) is 5.69 Å². The Balaban J connectivity index is 1.42. The fraction of sp³-hybridized carbons (Fsp3) is 0.333. The van der Waals surface area contributed by atoms with Crippen molar-refractivity contribution in [2.75, 3.05) is 30.0 Å². The number of rotatable bonds is 6.